The highest BCUT2D eigenvalue weighted by Gasteiger charge is 2.16. The quantitative estimate of drug-likeness (QED) is 0.917. The normalized spacial score (nSPS) is 16.6. The number of benzene rings is 1. The first-order valence-corrected chi connectivity index (χ1v) is 7.71. The summed E-state index contributed by atoms with van der Waals surface area (Å²) in [6.45, 7) is 1.93. The third kappa shape index (κ3) is 4.16. The number of nitrogens with zero attached hydrogens (tertiary/aromatic N) is 2. The van der Waals surface area contributed by atoms with Gasteiger partial charge in [0.25, 0.3) is 0 Å². The molecule has 0 radical (unpaired) electrons. The number of amides is 1. The minimum absolute atomic E-state index is 0.0695. The van der Waals surface area contributed by atoms with E-state index >= 15 is 0 Å². The van der Waals surface area contributed by atoms with Crippen LogP contribution in [0.1, 0.15) is 26.2 Å². The zero-order valence-corrected chi connectivity index (χ0v) is 13.0. The second-order valence-electron chi connectivity index (χ2n) is 5.53. The molecule has 5 nitrogen and oxygen atoms in total. The fraction of sp³-hybridized carbons (Fsp3) is 0.278. The van der Waals surface area contributed by atoms with Crippen molar-refractivity contribution in [1.29, 1.82) is 0 Å². The molecule has 0 spiro atoms. The van der Waals surface area contributed by atoms with E-state index in [4.69, 9.17) is 4.74 Å². The Labute approximate surface area is 135 Å². The smallest absolute Gasteiger partial charge is 0.225 e. The molecule has 1 N–H and O–H groups in total. The van der Waals surface area contributed by atoms with Crippen LogP contribution < -0.4 is 5.32 Å². The van der Waals surface area contributed by atoms with Gasteiger partial charge in [-0.25, -0.2) is 4.98 Å². The van der Waals surface area contributed by atoms with Crippen LogP contribution in [-0.4, -0.2) is 22.0 Å². The van der Waals surface area contributed by atoms with Gasteiger partial charge in [0.2, 0.25) is 5.91 Å². The Hall–Kier alpha value is -2.69. The summed E-state index contributed by atoms with van der Waals surface area (Å²) in [4.78, 5) is 20.5. The molecule has 1 aromatic carbocycles. The monoisotopic (exact) mass is 309 g/mol. The van der Waals surface area contributed by atoms with E-state index in [0.717, 1.165) is 23.4 Å². The average Bonchev–Trinajstić information content (AvgIpc) is 3.00. The zero-order chi connectivity index (χ0) is 16.1. The van der Waals surface area contributed by atoms with E-state index in [1.54, 1.807) is 12.4 Å². The highest BCUT2D eigenvalue weighted by atomic mass is 16.5. The molecule has 0 saturated carbocycles. The Balaban J connectivity index is 1.51. The van der Waals surface area contributed by atoms with Gasteiger partial charge in [0.05, 0.1) is 23.8 Å². The van der Waals surface area contributed by atoms with E-state index < -0.39 is 0 Å². The largest absolute Gasteiger partial charge is 0.495 e. The van der Waals surface area contributed by atoms with Crippen LogP contribution >= 0.6 is 0 Å². The maximum absolute atomic E-state index is 12.0. The summed E-state index contributed by atoms with van der Waals surface area (Å²) in [5.41, 5.74) is 1.78. The van der Waals surface area contributed by atoms with Crippen molar-refractivity contribution in [1.82, 2.24) is 9.97 Å². The van der Waals surface area contributed by atoms with Gasteiger partial charge in [-0.2, -0.15) is 0 Å². The number of hydrogen-bond acceptors (Lipinski definition) is 4. The molecule has 2 heterocycles. The zero-order valence-electron chi connectivity index (χ0n) is 13.0. The van der Waals surface area contributed by atoms with Gasteiger partial charge in [0.15, 0.2) is 5.82 Å². The lowest BCUT2D eigenvalue weighted by molar-refractivity contribution is -0.116. The van der Waals surface area contributed by atoms with Crippen LogP contribution in [0.2, 0.25) is 0 Å². The molecule has 1 unspecified atom stereocenters. The van der Waals surface area contributed by atoms with E-state index in [0.29, 0.717) is 18.7 Å². The lowest BCUT2D eigenvalue weighted by atomic mass is 10.1. The number of allylic oxidation sites excluding steroid dienone is 1. The van der Waals surface area contributed by atoms with Crippen LogP contribution in [0.3, 0.4) is 0 Å². The van der Waals surface area contributed by atoms with E-state index in [9.17, 15) is 4.79 Å². The summed E-state index contributed by atoms with van der Waals surface area (Å²) in [7, 11) is 0. The van der Waals surface area contributed by atoms with Gasteiger partial charge >= 0.3 is 0 Å². The molecule has 1 atom stereocenters. The lowest BCUT2D eigenvalue weighted by Gasteiger charge is -2.11. The topological polar surface area (TPSA) is 64.1 Å². The number of hydrogen-bond donors (Lipinski definition) is 1. The number of carbonyl (C=O) groups is 1. The molecule has 5 heteroatoms. The molecule has 1 aliphatic heterocycles. The summed E-state index contributed by atoms with van der Waals surface area (Å²) >= 11 is 0. The molecule has 0 bridgehead atoms. The molecular weight excluding hydrogens is 290 g/mol. The lowest BCUT2D eigenvalue weighted by Crippen LogP contribution is -2.16. The maximum atomic E-state index is 12.0. The second kappa shape index (κ2) is 7.05. The van der Waals surface area contributed by atoms with Crippen LogP contribution in [0, 0.1) is 0 Å². The molecule has 23 heavy (non-hydrogen) atoms. The predicted molar refractivity (Wildman–Crippen MR) is 88.6 cm³/mol. The van der Waals surface area contributed by atoms with Gasteiger partial charge in [0, 0.05) is 18.4 Å². The Morgan fingerprint density at radius 2 is 2.09 bits per heavy atom. The summed E-state index contributed by atoms with van der Waals surface area (Å²) in [5.74, 6) is 1.34. The Morgan fingerprint density at radius 1 is 1.26 bits per heavy atom. The highest BCUT2D eigenvalue weighted by molar-refractivity contribution is 5.89. The Bertz CT molecular complexity index is 696. The van der Waals surface area contributed by atoms with Crippen molar-refractivity contribution >= 4 is 11.7 Å². The third-order valence-electron chi connectivity index (χ3n) is 3.70. The van der Waals surface area contributed by atoms with E-state index in [1.165, 1.54) is 0 Å². The summed E-state index contributed by atoms with van der Waals surface area (Å²) in [6.07, 6.45) is 7.41. The third-order valence-corrected chi connectivity index (χ3v) is 3.70. The number of nitrogens with one attached hydrogen (secondary N) is 1. The standard InChI is InChI=1S/C18H19N3O2/c1-13-7-8-15(23-13)9-10-18(22)21-17-12-19-16(11-20-17)14-5-3-2-4-6-14/h2-7,11-12,15H,8-10H2,1H3,(H,20,21,22). The number of ether oxygens (including phenoxy) is 1. The van der Waals surface area contributed by atoms with Gasteiger partial charge in [0.1, 0.15) is 6.10 Å². The van der Waals surface area contributed by atoms with Gasteiger partial charge in [-0.3, -0.25) is 9.78 Å². The summed E-state index contributed by atoms with van der Waals surface area (Å²) < 4.78 is 5.58. The van der Waals surface area contributed by atoms with Crippen molar-refractivity contribution in [3.05, 3.63) is 54.6 Å². The highest BCUT2D eigenvalue weighted by Crippen LogP contribution is 2.20. The minimum Gasteiger partial charge on any atom is -0.495 e. The molecule has 1 amide bonds. The fourth-order valence-corrected chi connectivity index (χ4v) is 2.48. The summed E-state index contributed by atoms with van der Waals surface area (Å²) in [5, 5.41) is 2.77. The van der Waals surface area contributed by atoms with Crippen molar-refractivity contribution in [3.63, 3.8) is 0 Å². The number of anilines is 1. The van der Waals surface area contributed by atoms with E-state index in [2.05, 4.69) is 21.4 Å². The number of carbonyl (C=O) groups excluding carboxylic acids is 1. The molecule has 0 fully saturated rings. The van der Waals surface area contributed by atoms with E-state index in [-0.39, 0.29) is 12.0 Å². The molecule has 0 aliphatic carbocycles. The van der Waals surface area contributed by atoms with Crippen LogP contribution in [0.5, 0.6) is 0 Å². The van der Waals surface area contributed by atoms with Crippen molar-refractivity contribution in [2.75, 3.05) is 5.32 Å². The van der Waals surface area contributed by atoms with Gasteiger partial charge < -0.3 is 10.1 Å². The number of aromatic nitrogens is 2. The molecule has 2 aromatic rings. The van der Waals surface area contributed by atoms with Crippen LogP contribution in [-0.2, 0) is 9.53 Å². The van der Waals surface area contributed by atoms with E-state index in [1.807, 2.05) is 37.3 Å². The van der Waals surface area contributed by atoms with Crippen molar-refractivity contribution in [2.45, 2.75) is 32.3 Å². The van der Waals surface area contributed by atoms with Crippen molar-refractivity contribution in [2.24, 2.45) is 0 Å². The Morgan fingerprint density at radius 3 is 2.74 bits per heavy atom. The summed E-state index contributed by atoms with van der Waals surface area (Å²) in [6, 6.07) is 9.80. The minimum atomic E-state index is -0.0695. The molecule has 1 aromatic heterocycles. The van der Waals surface area contributed by atoms with Crippen LogP contribution in [0.25, 0.3) is 11.3 Å². The second-order valence-corrected chi connectivity index (χ2v) is 5.53. The first-order chi connectivity index (χ1) is 11.2. The van der Waals surface area contributed by atoms with Gasteiger partial charge in [-0.05, 0) is 19.4 Å². The first kappa shape index (κ1) is 15.2. The fourth-order valence-electron chi connectivity index (χ4n) is 2.48. The molecule has 1 aliphatic rings. The number of rotatable bonds is 5. The van der Waals surface area contributed by atoms with Crippen LogP contribution in [0.4, 0.5) is 5.82 Å². The first-order valence-electron chi connectivity index (χ1n) is 7.71. The SMILES string of the molecule is CC1=CCC(CCC(=O)Nc2cnc(-c3ccccc3)cn2)O1. The Kier molecular flexibility index (Phi) is 4.66. The molecule has 3 rings (SSSR count). The van der Waals surface area contributed by atoms with Crippen molar-refractivity contribution < 1.29 is 9.53 Å². The van der Waals surface area contributed by atoms with Gasteiger partial charge in [-0.15, -0.1) is 0 Å². The molecule has 0 saturated heterocycles. The van der Waals surface area contributed by atoms with Gasteiger partial charge in [-0.1, -0.05) is 30.3 Å². The maximum Gasteiger partial charge on any atom is 0.225 e. The molecular formula is C18H19N3O2. The van der Waals surface area contributed by atoms with Crippen LogP contribution in [0.15, 0.2) is 54.6 Å². The predicted octanol–water partition coefficient (Wildman–Crippen LogP) is 3.56. The molecule has 118 valence electrons. The average molecular weight is 309 g/mol. The van der Waals surface area contributed by atoms with Crippen molar-refractivity contribution in [3.8, 4) is 11.3 Å².